The molecule has 3 heterocycles. The van der Waals surface area contributed by atoms with Crippen molar-refractivity contribution in [2.45, 2.75) is 3.79 Å². The highest BCUT2D eigenvalue weighted by atomic mass is 35.6. The largest absolute Gasteiger partial charge is 0.497 e. The van der Waals surface area contributed by atoms with Crippen molar-refractivity contribution >= 4 is 59.8 Å². The van der Waals surface area contributed by atoms with Crippen LogP contribution in [0.1, 0.15) is 0 Å². The van der Waals surface area contributed by atoms with E-state index in [-0.39, 0.29) is 5.84 Å². The monoisotopic (exact) mass is 508 g/mol. The maximum Gasteiger partial charge on any atom is 0.250 e. The van der Waals surface area contributed by atoms with Crippen LogP contribution in [0.4, 0.5) is 5.69 Å². The Morgan fingerprint density at radius 2 is 1.52 bits per heavy atom. The number of rotatable bonds is 4. The van der Waals surface area contributed by atoms with E-state index in [0.29, 0.717) is 58.6 Å². The molecular formula is C18H24Cl3N6O3P. The lowest BCUT2D eigenvalue weighted by Crippen LogP contribution is -2.44. The van der Waals surface area contributed by atoms with Gasteiger partial charge in [0.15, 0.2) is 5.84 Å². The average molecular weight is 510 g/mol. The fourth-order valence-electron chi connectivity index (χ4n) is 3.47. The second-order valence-corrected chi connectivity index (χ2v) is 11.9. The van der Waals surface area contributed by atoms with Crippen LogP contribution in [0.2, 0.25) is 0 Å². The molecule has 13 heteroatoms. The standard InChI is InChI=1S/C18H24Cl3N6O3P/c1-28-15-4-2-14(3-5-15)22-17-23-16(18(19,20)21)24-31(25-17,26-6-10-29-11-7-26)27-8-12-30-13-9-27/h2-5H,6-13H2,1H3,(H,22,23,24). The predicted molar refractivity (Wildman–Crippen MR) is 126 cm³/mol. The molecule has 0 bridgehead atoms. The lowest BCUT2D eigenvalue weighted by molar-refractivity contribution is 0.0568. The summed E-state index contributed by atoms with van der Waals surface area (Å²) in [6, 6.07) is 7.45. The molecule has 0 amide bonds. The smallest absolute Gasteiger partial charge is 0.250 e. The van der Waals surface area contributed by atoms with Crippen molar-refractivity contribution < 1.29 is 14.2 Å². The number of hydrogen-bond acceptors (Lipinski definition) is 9. The molecule has 170 valence electrons. The molecule has 4 rings (SSSR count). The van der Waals surface area contributed by atoms with Gasteiger partial charge in [-0.05, 0) is 24.3 Å². The van der Waals surface area contributed by atoms with E-state index in [4.69, 9.17) is 58.5 Å². The number of nitrogens with zero attached hydrogens (tertiary/aromatic N) is 5. The van der Waals surface area contributed by atoms with Gasteiger partial charge in [-0.2, -0.15) is 14.5 Å². The summed E-state index contributed by atoms with van der Waals surface area (Å²) in [7, 11) is -1.03. The number of alkyl halides is 3. The molecule has 0 saturated carbocycles. The van der Waals surface area contributed by atoms with Crippen molar-refractivity contribution in [1.82, 2.24) is 9.34 Å². The zero-order valence-corrected chi connectivity index (χ0v) is 20.2. The molecule has 0 radical (unpaired) electrons. The van der Waals surface area contributed by atoms with Crippen LogP contribution < -0.4 is 10.1 Å². The number of aliphatic imine (C=N–C) groups is 1. The number of guanidine groups is 1. The Morgan fingerprint density at radius 3 is 2.00 bits per heavy atom. The van der Waals surface area contributed by atoms with E-state index in [1.54, 1.807) is 7.11 Å². The molecule has 0 spiro atoms. The minimum atomic E-state index is -2.65. The van der Waals surface area contributed by atoms with E-state index in [2.05, 4.69) is 19.7 Å². The van der Waals surface area contributed by atoms with Crippen LogP contribution in [0, 0.1) is 0 Å². The third-order valence-corrected chi connectivity index (χ3v) is 8.74. The first-order chi connectivity index (χ1) is 14.9. The third-order valence-electron chi connectivity index (χ3n) is 5.00. The van der Waals surface area contributed by atoms with Crippen molar-refractivity contribution in [3.05, 3.63) is 24.3 Å². The maximum atomic E-state index is 6.26. The summed E-state index contributed by atoms with van der Waals surface area (Å²) in [5, 5.41) is 3.25. The molecule has 0 aliphatic carbocycles. The number of hydrogen-bond donors (Lipinski definition) is 1. The second kappa shape index (κ2) is 9.93. The third kappa shape index (κ3) is 5.37. The van der Waals surface area contributed by atoms with Crippen molar-refractivity contribution in [3.63, 3.8) is 0 Å². The van der Waals surface area contributed by atoms with E-state index >= 15 is 0 Å². The zero-order chi connectivity index (χ0) is 21.9. The zero-order valence-electron chi connectivity index (χ0n) is 17.0. The molecule has 0 atom stereocenters. The fourth-order valence-corrected chi connectivity index (χ4v) is 7.01. The maximum absolute atomic E-state index is 6.26. The number of benzene rings is 1. The number of ether oxygens (including phenoxy) is 3. The van der Waals surface area contributed by atoms with Crippen LogP contribution in [0.3, 0.4) is 0 Å². The Morgan fingerprint density at radius 1 is 0.968 bits per heavy atom. The topological polar surface area (TPSA) is 83.3 Å². The Bertz CT molecular complexity index is 872. The Balaban J connectivity index is 1.77. The van der Waals surface area contributed by atoms with Gasteiger partial charge in [-0.25, -0.2) is 9.34 Å². The highest BCUT2D eigenvalue weighted by Gasteiger charge is 2.42. The Hall–Kier alpha value is -0.900. The van der Waals surface area contributed by atoms with Gasteiger partial charge in [-0.15, -0.1) is 0 Å². The summed E-state index contributed by atoms with van der Waals surface area (Å²) in [4.78, 5) is 4.45. The SMILES string of the molecule is COc1ccc(NC2=NC(C(Cl)(Cl)Cl)=NP(N3CCOCC3)(N3CCOCC3)=N2)cc1. The van der Waals surface area contributed by atoms with Gasteiger partial charge in [0.25, 0.3) is 0 Å². The molecule has 1 N–H and O–H groups in total. The van der Waals surface area contributed by atoms with Crippen LogP contribution in [0.25, 0.3) is 0 Å². The summed E-state index contributed by atoms with van der Waals surface area (Å²) in [5.74, 6) is 1.22. The summed E-state index contributed by atoms with van der Waals surface area (Å²) < 4.78 is 29.0. The molecule has 2 saturated heterocycles. The minimum absolute atomic E-state index is 0.120. The number of morpholine rings is 2. The molecule has 1 aromatic carbocycles. The Labute approximate surface area is 196 Å². The van der Waals surface area contributed by atoms with Crippen molar-refractivity contribution in [1.29, 1.82) is 0 Å². The first-order valence-corrected chi connectivity index (χ1v) is 12.6. The van der Waals surface area contributed by atoms with Gasteiger partial charge in [0, 0.05) is 31.9 Å². The van der Waals surface area contributed by atoms with E-state index in [9.17, 15) is 0 Å². The van der Waals surface area contributed by atoms with E-state index in [0.717, 1.165) is 11.4 Å². The molecule has 3 aliphatic heterocycles. The molecule has 9 nitrogen and oxygen atoms in total. The summed E-state index contributed by atoms with van der Waals surface area (Å²) in [5.41, 5.74) is 0.788. The number of anilines is 1. The van der Waals surface area contributed by atoms with Crippen molar-refractivity contribution in [2.24, 2.45) is 14.5 Å². The average Bonchev–Trinajstić information content (AvgIpc) is 2.80. The van der Waals surface area contributed by atoms with Crippen LogP contribution in [0.15, 0.2) is 38.8 Å². The minimum Gasteiger partial charge on any atom is -0.497 e. The second-order valence-electron chi connectivity index (χ2n) is 6.98. The van der Waals surface area contributed by atoms with Crippen LogP contribution in [0.5, 0.6) is 5.75 Å². The van der Waals surface area contributed by atoms with Crippen molar-refractivity contribution in [3.8, 4) is 5.75 Å². The van der Waals surface area contributed by atoms with E-state index in [1.807, 2.05) is 24.3 Å². The summed E-state index contributed by atoms with van der Waals surface area (Å²) in [6.07, 6.45) is 0. The first kappa shape index (κ1) is 23.3. The van der Waals surface area contributed by atoms with Gasteiger partial charge in [0.05, 0.1) is 33.5 Å². The van der Waals surface area contributed by atoms with E-state index in [1.165, 1.54) is 0 Å². The quantitative estimate of drug-likeness (QED) is 0.490. The van der Waals surface area contributed by atoms with Gasteiger partial charge in [-0.3, -0.25) is 0 Å². The van der Waals surface area contributed by atoms with E-state index < -0.39 is 11.3 Å². The van der Waals surface area contributed by atoms with Crippen LogP contribution in [-0.4, -0.2) is 84.6 Å². The van der Waals surface area contributed by atoms with Crippen LogP contribution in [-0.2, 0) is 9.47 Å². The summed E-state index contributed by atoms with van der Waals surface area (Å²) >= 11 is 18.8. The van der Waals surface area contributed by atoms with Gasteiger partial charge in [0.1, 0.15) is 5.75 Å². The molecule has 2 fully saturated rings. The van der Waals surface area contributed by atoms with Gasteiger partial charge < -0.3 is 19.5 Å². The predicted octanol–water partition coefficient (Wildman–Crippen LogP) is 3.86. The molecule has 1 aromatic rings. The molecule has 0 aromatic heterocycles. The highest BCUT2D eigenvalue weighted by Crippen LogP contribution is 2.60. The lowest BCUT2D eigenvalue weighted by atomic mass is 10.3. The van der Waals surface area contributed by atoms with Gasteiger partial charge >= 0.3 is 0 Å². The fraction of sp³-hybridized carbons (Fsp3) is 0.556. The Kier molecular flexibility index (Phi) is 7.45. The van der Waals surface area contributed by atoms with Crippen LogP contribution >= 0.6 is 42.3 Å². The number of halogens is 3. The normalized spacial score (nSPS) is 22.8. The van der Waals surface area contributed by atoms with Gasteiger partial charge in [-0.1, -0.05) is 34.8 Å². The number of amidine groups is 1. The molecular weight excluding hydrogens is 486 g/mol. The van der Waals surface area contributed by atoms with Gasteiger partial charge in [0.2, 0.25) is 17.3 Å². The number of nitrogens with one attached hydrogen (secondary N) is 1. The summed E-state index contributed by atoms with van der Waals surface area (Å²) in [6.45, 7) is 5.11. The highest BCUT2D eigenvalue weighted by molar-refractivity contribution is 7.61. The molecule has 0 unspecified atom stereocenters. The molecule has 3 aliphatic rings. The molecule has 31 heavy (non-hydrogen) atoms. The number of methoxy groups -OCH3 is 1. The van der Waals surface area contributed by atoms with Crippen molar-refractivity contribution in [2.75, 3.05) is 65.0 Å². The lowest BCUT2D eigenvalue weighted by Gasteiger charge is -2.44. The first-order valence-electron chi connectivity index (χ1n) is 9.86.